The van der Waals surface area contributed by atoms with Crippen molar-refractivity contribution in [3.05, 3.63) is 59.0 Å². The van der Waals surface area contributed by atoms with Crippen LogP contribution in [0.4, 0.5) is 5.69 Å². The van der Waals surface area contributed by atoms with Gasteiger partial charge in [0.1, 0.15) is 0 Å². The van der Waals surface area contributed by atoms with Crippen LogP contribution in [0.25, 0.3) is 10.9 Å². The lowest BCUT2D eigenvalue weighted by Crippen LogP contribution is -2.05. The third kappa shape index (κ3) is 1.86. The number of rotatable bonds is 2. The molecule has 3 rings (SSSR count). The molecule has 0 unspecified atom stereocenters. The number of nitrogen functional groups attached to an aromatic ring is 1. The van der Waals surface area contributed by atoms with E-state index in [9.17, 15) is 4.79 Å². The molecule has 3 N–H and O–H groups in total. The van der Waals surface area contributed by atoms with Crippen molar-refractivity contribution in [2.75, 3.05) is 5.73 Å². The topological polar surface area (TPSA) is 71.8 Å². The molecular weight excluding hydrogens is 262 g/mol. The quantitative estimate of drug-likeness (QED) is 0.556. The molecule has 0 aliphatic carbocycles. The Labute approximate surface area is 114 Å². The van der Waals surface area contributed by atoms with Gasteiger partial charge in [0.15, 0.2) is 5.78 Å². The molecule has 0 aliphatic heterocycles. The number of hydrogen-bond donors (Lipinski definition) is 2. The number of anilines is 1. The third-order valence-corrected chi connectivity index (χ3v) is 3.32. The zero-order valence-electron chi connectivity index (χ0n) is 9.85. The van der Waals surface area contributed by atoms with E-state index < -0.39 is 0 Å². The second-order valence-electron chi connectivity index (χ2n) is 4.16. The fourth-order valence-electron chi connectivity index (χ4n) is 2.07. The zero-order chi connectivity index (χ0) is 13.4. The van der Waals surface area contributed by atoms with Gasteiger partial charge >= 0.3 is 0 Å². The minimum atomic E-state index is -0.206. The van der Waals surface area contributed by atoms with Gasteiger partial charge in [-0.15, -0.1) is 0 Å². The first-order valence-corrected chi connectivity index (χ1v) is 6.06. The summed E-state index contributed by atoms with van der Waals surface area (Å²) in [4.78, 5) is 19.6. The first-order valence-electron chi connectivity index (χ1n) is 5.68. The van der Waals surface area contributed by atoms with Crippen molar-refractivity contribution >= 4 is 34.0 Å². The number of nitrogens with one attached hydrogen (secondary N) is 1. The van der Waals surface area contributed by atoms with Crippen molar-refractivity contribution < 1.29 is 4.79 Å². The minimum absolute atomic E-state index is 0.206. The summed E-state index contributed by atoms with van der Waals surface area (Å²) < 4.78 is 0. The molecule has 0 saturated carbocycles. The second-order valence-corrected chi connectivity index (χ2v) is 4.56. The number of hydrogen-bond acceptors (Lipinski definition) is 3. The number of halogens is 1. The fourth-order valence-corrected chi connectivity index (χ4v) is 2.33. The molecule has 0 bridgehead atoms. The van der Waals surface area contributed by atoms with E-state index in [2.05, 4.69) is 9.97 Å². The van der Waals surface area contributed by atoms with Gasteiger partial charge in [-0.05, 0) is 18.2 Å². The number of nitrogens with two attached hydrogens (primary N) is 1. The van der Waals surface area contributed by atoms with Gasteiger partial charge in [0.05, 0.1) is 10.6 Å². The Morgan fingerprint density at radius 3 is 2.95 bits per heavy atom. The highest BCUT2D eigenvalue weighted by Gasteiger charge is 2.19. The summed E-state index contributed by atoms with van der Waals surface area (Å²) in [5.74, 6) is -0.206. The number of aromatic nitrogens is 2. The van der Waals surface area contributed by atoms with Crippen LogP contribution in [0.15, 0.2) is 42.9 Å². The van der Waals surface area contributed by atoms with Crippen LogP contribution < -0.4 is 5.73 Å². The van der Waals surface area contributed by atoms with Gasteiger partial charge in [0, 0.05) is 40.7 Å². The molecular formula is C14H10ClN3O. The van der Waals surface area contributed by atoms with Crippen molar-refractivity contribution in [2.45, 2.75) is 0 Å². The van der Waals surface area contributed by atoms with E-state index in [-0.39, 0.29) is 5.78 Å². The molecule has 19 heavy (non-hydrogen) atoms. The Morgan fingerprint density at radius 1 is 1.32 bits per heavy atom. The molecule has 0 fully saturated rings. The van der Waals surface area contributed by atoms with Crippen LogP contribution in [-0.4, -0.2) is 15.8 Å². The van der Waals surface area contributed by atoms with E-state index in [1.165, 1.54) is 0 Å². The molecule has 1 aromatic carbocycles. The summed E-state index contributed by atoms with van der Waals surface area (Å²) in [7, 11) is 0. The van der Waals surface area contributed by atoms with E-state index in [4.69, 9.17) is 17.3 Å². The summed E-state index contributed by atoms with van der Waals surface area (Å²) >= 11 is 6.07. The normalized spacial score (nSPS) is 10.8. The number of ketones is 1. The van der Waals surface area contributed by atoms with Crippen LogP contribution in [0.2, 0.25) is 5.02 Å². The smallest absolute Gasteiger partial charge is 0.198 e. The first-order chi connectivity index (χ1) is 9.18. The molecule has 3 aromatic rings. The van der Waals surface area contributed by atoms with Crippen molar-refractivity contribution in [3.63, 3.8) is 0 Å². The van der Waals surface area contributed by atoms with E-state index >= 15 is 0 Å². The number of nitrogens with zero attached hydrogens (tertiary/aromatic N) is 1. The highest BCUT2D eigenvalue weighted by atomic mass is 35.5. The lowest BCUT2D eigenvalue weighted by molar-refractivity contribution is 0.104. The van der Waals surface area contributed by atoms with Crippen LogP contribution in [0.1, 0.15) is 15.9 Å². The Morgan fingerprint density at radius 2 is 2.16 bits per heavy atom. The summed E-state index contributed by atoms with van der Waals surface area (Å²) in [5, 5.41) is 1.11. The Balaban J connectivity index is 2.20. The molecule has 4 nitrogen and oxygen atoms in total. The summed E-state index contributed by atoms with van der Waals surface area (Å²) in [6.45, 7) is 0. The molecule has 2 heterocycles. The van der Waals surface area contributed by atoms with E-state index in [0.29, 0.717) is 21.8 Å². The highest BCUT2D eigenvalue weighted by molar-refractivity contribution is 6.36. The summed E-state index contributed by atoms with van der Waals surface area (Å²) in [6.07, 6.45) is 4.96. The van der Waals surface area contributed by atoms with Gasteiger partial charge in [-0.2, -0.15) is 0 Å². The van der Waals surface area contributed by atoms with E-state index in [1.54, 1.807) is 36.8 Å². The maximum absolute atomic E-state index is 12.6. The Kier molecular flexibility index (Phi) is 2.72. The second kappa shape index (κ2) is 4.40. The van der Waals surface area contributed by atoms with Crippen LogP contribution in [0, 0.1) is 0 Å². The predicted molar refractivity (Wildman–Crippen MR) is 75.4 cm³/mol. The largest absolute Gasteiger partial charge is 0.398 e. The monoisotopic (exact) mass is 271 g/mol. The number of pyridine rings is 1. The van der Waals surface area contributed by atoms with Gasteiger partial charge in [-0.1, -0.05) is 17.7 Å². The van der Waals surface area contributed by atoms with Crippen LogP contribution >= 0.6 is 11.6 Å². The number of H-pyrrole nitrogens is 1. The average Bonchev–Trinajstić information content (AvgIpc) is 2.82. The molecule has 0 aliphatic rings. The maximum atomic E-state index is 12.6. The van der Waals surface area contributed by atoms with Crippen molar-refractivity contribution in [1.29, 1.82) is 0 Å². The average molecular weight is 272 g/mol. The molecule has 0 amide bonds. The van der Waals surface area contributed by atoms with Crippen LogP contribution in [-0.2, 0) is 0 Å². The first kappa shape index (κ1) is 11.7. The lowest BCUT2D eigenvalue weighted by atomic mass is 10.0. The lowest BCUT2D eigenvalue weighted by Gasteiger charge is -2.06. The van der Waals surface area contributed by atoms with Gasteiger partial charge in [-0.3, -0.25) is 9.78 Å². The van der Waals surface area contributed by atoms with Gasteiger partial charge < -0.3 is 10.7 Å². The Hall–Kier alpha value is -2.33. The number of fused-ring (bicyclic) bond motifs is 1. The SMILES string of the molecule is Nc1cccc(Cl)c1C(=O)c1c[nH]c2ccncc12. The number of benzene rings is 1. The highest BCUT2D eigenvalue weighted by Crippen LogP contribution is 2.27. The Bertz CT molecular complexity index is 759. The standard InChI is InChI=1S/C14H10ClN3O/c15-10-2-1-3-11(16)13(10)14(19)9-7-18-12-4-5-17-6-8(9)12/h1-7,18H,16H2. The van der Waals surface area contributed by atoms with Gasteiger partial charge in [0.2, 0.25) is 0 Å². The number of carbonyl (C=O) groups is 1. The molecule has 0 radical (unpaired) electrons. The summed E-state index contributed by atoms with van der Waals surface area (Å²) in [5.41, 5.74) is 7.91. The fraction of sp³-hybridized carbons (Fsp3) is 0. The number of aromatic amines is 1. The van der Waals surface area contributed by atoms with Crippen LogP contribution in [0.5, 0.6) is 0 Å². The van der Waals surface area contributed by atoms with Crippen molar-refractivity contribution in [1.82, 2.24) is 9.97 Å². The molecule has 0 saturated heterocycles. The van der Waals surface area contributed by atoms with E-state index in [1.807, 2.05) is 6.07 Å². The van der Waals surface area contributed by atoms with Gasteiger partial charge in [-0.25, -0.2) is 0 Å². The minimum Gasteiger partial charge on any atom is -0.398 e. The third-order valence-electron chi connectivity index (χ3n) is 3.00. The molecule has 5 heteroatoms. The molecule has 2 aromatic heterocycles. The predicted octanol–water partition coefficient (Wildman–Crippen LogP) is 3.03. The van der Waals surface area contributed by atoms with E-state index in [0.717, 1.165) is 10.9 Å². The molecule has 94 valence electrons. The van der Waals surface area contributed by atoms with Gasteiger partial charge in [0.25, 0.3) is 0 Å². The van der Waals surface area contributed by atoms with Crippen LogP contribution in [0.3, 0.4) is 0 Å². The summed E-state index contributed by atoms with van der Waals surface area (Å²) in [6, 6.07) is 6.83. The van der Waals surface area contributed by atoms with Crippen molar-refractivity contribution in [2.24, 2.45) is 0 Å². The number of carbonyl (C=O) groups excluding carboxylic acids is 1. The zero-order valence-corrected chi connectivity index (χ0v) is 10.6. The van der Waals surface area contributed by atoms with Crippen molar-refractivity contribution in [3.8, 4) is 0 Å². The molecule has 0 atom stereocenters. The molecule has 0 spiro atoms. The maximum Gasteiger partial charge on any atom is 0.198 e.